The van der Waals surface area contributed by atoms with E-state index in [0.717, 1.165) is 10.6 Å². The number of nitriles is 1. The Bertz CT molecular complexity index is 553. The zero-order valence-corrected chi connectivity index (χ0v) is 11.1. The fourth-order valence-electron chi connectivity index (χ4n) is 1.65. The number of fused-ring (bicyclic) bond motifs is 1. The first-order chi connectivity index (χ1) is 9.10. The van der Waals surface area contributed by atoms with E-state index in [-0.39, 0.29) is 12.3 Å². The van der Waals surface area contributed by atoms with Crippen LogP contribution in [0.5, 0.6) is 0 Å². The van der Waals surface area contributed by atoms with Crippen LogP contribution in [0.15, 0.2) is 29.2 Å². The van der Waals surface area contributed by atoms with Crippen LogP contribution in [0.1, 0.15) is 13.3 Å². The zero-order valence-electron chi connectivity index (χ0n) is 10.3. The van der Waals surface area contributed by atoms with Gasteiger partial charge < -0.3 is 10.1 Å². The van der Waals surface area contributed by atoms with Gasteiger partial charge in [0.25, 0.3) is 0 Å². The number of thioether (sulfide) groups is 1. The molecule has 2 rings (SSSR count). The van der Waals surface area contributed by atoms with Gasteiger partial charge in [-0.1, -0.05) is 12.1 Å². The van der Waals surface area contributed by atoms with Crippen molar-refractivity contribution in [3.05, 3.63) is 24.3 Å². The first-order valence-corrected chi connectivity index (χ1v) is 6.64. The van der Waals surface area contributed by atoms with Crippen LogP contribution in [0.25, 0.3) is 0 Å². The number of para-hydroxylation sites is 1. The molecule has 1 amide bonds. The van der Waals surface area contributed by atoms with Gasteiger partial charge in [0.15, 0.2) is 6.10 Å². The van der Waals surface area contributed by atoms with E-state index in [0.29, 0.717) is 0 Å². The predicted octanol–water partition coefficient (Wildman–Crippen LogP) is 1.94. The van der Waals surface area contributed by atoms with E-state index < -0.39 is 17.3 Å². The van der Waals surface area contributed by atoms with Crippen molar-refractivity contribution in [2.45, 2.75) is 29.6 Å². The van der Waals surface area contributed by atoms with Crippen molar-refractivity contribution in [2.75, 3.05) is 5.32 Å². The standard InChI is InChI=1S/C13H12N2O3S/c1-8(7-14)18-12(16)6-11-13(17)15-9-4-2-3-5-10(9)19-11/h2-5,8,11H,6H2,1H3,(H,15,17)/t8-,11+/m1/s1. The summed E-state index contributed by atoms with van der Waals surface area (Å²) in [6.45, 7) is 1.49. The van der Waals surface area contributed by atoms with Crippen LogP contribution in [-0.2, 0) is 14.3 Å². The van der Waals surface area contributed by atoms with E-state index in [2.05, 4.69) is 5.32 Å². The van der Waals surface area contributed by atoms with Crippen LogP contribution >= 0.6 is 11.8 Å². The first kappa shape index (κ1) is 13.4. The van der Waals surface area contributed by atoms with E-state index in [9.17, 15) is 9.59 Å². The Morgan fingerprint density at radius 1 is 1.58 bits per heavy atom. The first-order valence-electron chi connectivity index (χ1n) is 5.76. The third-order valence-corrected chi connectivity index (χ3v) is 3.82. The second-order valence-corrected chi connectivity index (χ2v) is 5.30. The minimum Gasteiger partial charge on any atom is -0.447 e. The summed E-state index contributed by atoms with van der Waals surface area (Å²) in [5.74, 6) is -0.758. The monoisotopic (exact) mass is 276 g/mol. The number of benzene rings is 1. The van der Waals surface area contributed by atoms with Crippen LogP contribution in [0.3, 0.4) is 0 Å². The molecule has 0 saturated carbocycles. The Balaban J connectivity index is 2.01. The fraction of sp³-hybridized carbons (Fsp3) is 0.308. The average Bonchev–Trinajstić information content (AvgIpc) is 2.39. The number of hydrogen-bond acceptors (Lipinski definition) is 5. The van der Waals surface area contributed by atoms with Crippen molar-refractivity contribution in [1.82, 2.24) is 0 Å². The molecule has 0 aliphatic carbocycles. The number of ether oxygens (including phenoxy) is 1. The number of hydrogen-bond donors (Lipinski definition) is 1. The molecular weight excluding hydrogens is 264 g/mol. The Hall–Kier alpha value is -2.00. The number of rotatable bonds is 3. The van der Waals surface area contributed by atoms with Gasteiger partial charge in [0.2, 0.25) is 5.91 Å². The van der Waals surface area contributed by atoms with E-state index in [1.54, 1.807) is 0 Å². The molecule has 2 atom stereocenters. The van der Waals surface area contributed by atoms with Crippen molar-refractivity contribution < 1.29 is 14.3 Å². The molecule has 0 unspecified atom stereocenters. The molecule has 0 radical (unpaired) electrons. The maximum Gasteiger partial charge on any atom is 0.308 e. The Morgan fingerprint density at radius 3 is 3.05 bits per heavy atom. The van der Waals surface area contributed by atoms with Crippen molar-refractivity contribution in [1.29, 1.82) is 5.26 Å². The molecule has 0 saturated heterocycles. The van der Waals surface area contributed by atoms with Crippen LogP contribution in [0.2, 0.25) is 0 Å². The van der Waals surface area contributed by atoms with Gasteiger partial charge in [0.05, 0.1) is 17.4 Å². The molecule has 6 heteroatoms. The lowest BCUT2D eigenvalue weighted by Gasteiger charge is -2.23. The number of carbonyl (C=O) groups excluding carboxylic acids is 2. The van der Waals surface area contributed by atoms with Crippen LogP contribution < -0.4 is 5.32 Å². The van der Waals surface area contributed by atoms with Gasteiger partial charge >= 0.3 is 5.97 Å². The summed E-state index contributed by atoms with van der Waals surface area (Å²) in [5, 5.41) is 10.8. The van der Waals surface area contributed by atoms with E-state index in [1.165, 1.54) is 18.7 Å². The van der Waals surface area contributed by atoms with Crippen LogP contribution in [-0.4, -0.2) is 23.2 Å². The van der Waals surface area contributed by atoms with Crippen LogP contribution in [0.4, 0.5) is 5.69 Å². The van der Waals surface area contributed by atoms with E-state index in [4.69, 9.17) is 10.00 Å². The third kappa shape index (κ3) is 3.26. The highest BCUT2D eigenvalue weighted by Gasteiger charge is 2.29. The SMILES string of the molecule is C[C@H](C#N)OC(=O)C[C@@H]1Sc2ccccc2NC1=O. The molecule has 0 aromatic heterocycles. The lowest BCUT2D eigenvalue weighted by molar-refractivity contribution is -0.146. The summed E-state index contributed by atoms with van der Waals surface area (Å²) < 4.78 is 4.85. The Morgan fingerprint density at radius 2 is 2.32 bits per heavy atom. The lowest BCUT2D eigenvalue weighted by Crippen LogP contribution is -2.32. The van der Waals surface area contributed by atoms with Crippen molar-refractivity contribution in [2.24, 2.45) is 0 Å². The molecule has 1 aromatic rings. The molecule has 1 heterocycles. The van der Waals surface area contributed by atoms with E-state index in [1.807, 2.05) is 30.3 Å². The summed E-state index contributed by atoms with van der Waals surface area (Å²) in [6.07, 6.45) is -0.840. The average molecular weight is 276 g/mol. The molecular formula is C13H12N2O3S. The molecule has 1 N–H and O–H groups in total. The number of anilines is 1. The highest BCUT2D eigenvalue weighted by atomic mass is 32.2. The lowest BCUT2D eigenvalue weighted by atomic mass is 10.2. The van der Waals surface area contributed by atoms with E-state index >= 15 is 0 Å². The molecule has 5 nitrogen and oxygen atoms in total. The molecule has 0 bridgehead atoms. The summed E-state index contributed by atoms with van der Waals surface area (Å²) in [6, 6.07) is 9.21. The molecule has 0 spiro atoms. The zero-order chi connectivity index (χ0) is 13.8. The summed E-state index contributed by atoms with van der Waals surface area (Å²) >= 11 is 1.33. The number of esters is 1. The number of nitrogens with one attached hydrogen (secondary N) is 1. The second-order valence-electron chi connectivity index (χ2n) is 4.06. The van der Waals surface area contributed by atoms with Gasteiger partial charge in [-0.25, -0.2) is 0 Å². The molecule has 1 aromatic carbocycles. The van der Waals surface area contributed by atoms with Gasteiger partial charge in [-0.15, -0.1) is 11.8 Å². The highest BCUT2D eigenvalue weighted by Crippen LogP contribution is 2.36. The molecule has 19 heavy (non-hydrogen) atoms. The molecule has 1 aliphatic rings. The highest BCUT2D eigenvalue weighted by molar-refractivity contribution is 8.01. The minimum absolute atomic E-state index is 0.0448. The molecule has 98 valence electrons. The number of nitrogens with zero attached hydrogens (tertiary/aromatic N) is 1. The topological polar surface area (TPSA) is 79.2 Å². The minimum atomic E-state index is -0.795. The van der Waals surface area contributed by atoms with Crippen molar-refractivity contribution in [3.63, 3.8) is 0 Å². The predicted molar refractivity (Wildman–Crippen MR) is 70.5 cm³/mol. The molecule has 1 aliphatic heterocycles. The Labute approximate surface area is 114 Å². The summed E-state index contributed by atoms with van der Waals surface area (Å²) in [4.78, 5) is 24.3. The van der Waals surface area contributed by atoms with Gasteiger partial charge in [0.1, 0.15) is 6.07 Å². The van der Waals surface area contributed by atoms with Gasteiger partial charge in [0, 0.05) is 4.90 Å². The largest absolute Gasteiger partial charge is 0.447 e. The van der Waals surface area contributed by atoms with Crippen molar-refractivity contribution >= 4 is 29.3 Å². The van der Waals surface area contributed by atoms with Crippen LogP contribution in [0, 0.1) is 11.3 Å². The third-order valence-electron chi connectivity index (χ3n) is 2.55. The Kier molecular flexibility index (Phi) is 4.07. The smallest absolute Gasteiger partial charge is 0.308 e. The maximum atomic E-state index is 11.8. The van der Waals surface area contributed by atoms with Crippen molar-refractivity contribution in [3.8, 4) is 6.07 Å². The second kappa shape index (κ2) is 5.76. The normalized spacial score (nSPS) is 18.7. The summed E-state index contributed by atoms with van der Waals surface area (Å²) in [5.41, 5.74) is 0.757. The number of amides is 1. The fourth-order valence-corrected chi connectivity index (χ4v) is 2.75. The number of carbonyl (C=O) groups is 2. The quantitative estimate of drug-likeness (QED) is 0.853. The van der Waals surface area contributed by atoms with Gasteiger partial charge in [-0.05, 0) is 19.1 Å². The summed E-state index contributed by atoms with van der Waals surface area (Å²) in [7, 11) is 0. The van der Waals surface area contributed by atoms with Gasteiger partial charge in [-0.2, -0.15) is 5.26 Å². The van der Waals surface area contributed by atoms with Gasteiger partial charge in [-0.3, -0.25) is 9.59 Å². The maximum absolute atomic E-state index is 11.8. The molecule has 0 fully saturated rings.